The van der Waals surface area contributed by atoms with Gasteiger partial charge in [-0.2, -0.15) is 0 Å². The number of Topliss-reactive ketones (excluding diaryl/α,β-unsaturated/α-hetero) is 2. The number of rotatable bonds is 2. The van der Waals surface area contributed by atoms with Crippen LogP contribution in [0, 0.1) is 6.92 Å². The monoisotopic (exact) mass is 382 g/mol. The highest BCUT2D eigenvalue weighted by atomic mass is 35.5. The molecule has 0 bridgehead atoms. The van der Waals surface area contributed by atoms with Crippen molar-refractivity contribution < 1.29 is 23.6 Å². The normalized spacial score (nSPS) is 15.9. The van der Waals surface area contributed by atoms with E-state index in [1.165, 1.54) is 18.2 Å². The summed E-state index contributed by atoms with van der Waals surface area (Å²) in [6.45, 7) is 1.61. The first-order valence-electron chi connectivity index (χ1n) is 7.96. The van der Waals surface area contributed by atoms with Crippen molar-refractivity contribution in [1.29, 1.82) is 0 Å². The van der Waals surface area contributed by atoms with Crippen molar-refractivity contribution in [2.75, 3.05) is 4.90 Å². The van der Waals surface area contributed by atoms with Gasteiger partial charge in [0, 0.05) is 5.02 Å². The van der Waals surface area contributed by atoms with E-state index in [1.807, 2.05) is 0 Å². The summed E-state index contributed by atoms with van der Waals surface area (Å²) in [5.41, 5.74) is 1.38. The van der Waals surface area contributed by atoms with Gasteiger partial charge in [0.2, 0.25) is 17.5 Å². The highest BCUT2D eigenvalue weighted by Crippen LogP contribution is 2.31. The number of anilines is 1. The number of imide groups is 1. The number of piperidine rings is 1. The molecule has 1 fully saturated rings. The smallest absolute Gasteiger partial charge is 0.302 e. The zero-order chi connectivity index (χ0) is 19.3. The number of carbonyl (C=O) groups excluding carboxylic acids is 4. The van der Waals surface area contributed by atoms with Crippen LogP contribution < -0.4 is 4.90 Å². The van der Waals surface area contributed by atoms with Crippen LogP contribution in [-0.2, 0) is 19.2 Å². The fourth-order valence-electron chi connectivity index (χ4n) is 3.00. The van der Waals surface area contributed by atoms with Crippen molar-refractivity contribution in [3.8, 4) is 0 Å². The van der Waals surface area contributed by atoms with E-state index < -0.39 is 29.3 Å². The Morgan fingerprint density at radius 1 is 1.00 bits per heavy atom. The number of aryl methyl sites for hydroxylation is 1. The number of benzene rings is 2. The quantitative estimate of drug-likeness (QED) is 0.384. The second-order valence-electron chi connectivity index (χ2n) is 6.06. The van der Waals surface area contributed by atoms with Crippen molar-refractivity contribution >= 4 is 51.8 Å². The molecule has 8 heteroatoms. The molecule has 2 amide bonds. The first-order valence-corrected chi connectivity index (χ1v) is 8.34. The van der Waals surface area contributed by atoms with Gasteiger partial charge in [0.25, 0.3) is 0 Å². The SMILES string of the molecule is Cc1cc(Cl)ccc1N1C(=O)C(=O)C(c2nc3ccccc3o2)C(=O)C1=O. The summed E-state index contributed by atoms with van der Waals surface area (Å²) in [4.78, 5) is 55.2. The number of ketones is 2. The van der Waals surface area contributed by atoms with Crippen LogP contribution >= 0.6 is 11.6 Å². The fourth-order valence-corrected chi connectivity index (χ4v) is 3.23. The van der Waals surface area contributed by atoms with E-state index in [9.17, 15) is 19.2 Å². The van der Waals surface area contributed by atoms with Crippen molar-refractivity contribution in [2.24, 2.45) is 0 Å². The molecule has 1 saturated heterocycles. The number of halogens is 1. The number of hydrogen-bond donors (Lipinski definition) is 0. The minimum Gasteiger partial charge on any atom is -0.439 e. The maximum atomic E-state index is 12.6. The van der Waals surface area contributed by atoms with E-state index in [4.69, 9.17) is 16.0 Å². The van der Waals surface area contributed by atoms with Crippen molar-refractivity contribution in [3.05, 3.63) is 58.9 Å². The third-order valence-corrected chi connectivity index (χ3v) is 4.54. The van der Waals surface area contributed by atoms with Crippen molar-refractivity contribution in [3.63, 3.8) is 0 Å². The van der Waals surface area contributed by atoms with Crippen LogP contribution in [0.5, 0.6) is 0 Å². The Morgan fingerprint density at radius 2 is 1.67 bits per heavy atom. The highest BCUT2D eigenvalue weighted by molar-refractivity contribution is 6.66. The van der Waals surface area contributed by atoms with Crippen LogP contribution in [0.3, 0.4) is 0 Å². The molecule has 1 aliphatic rings. The Bertz CT molecular complexity index is 1090. The number of fused-ring (bicyclic) bond motifs is 1. The molecule has 2 heterocycles. The number of nitrogens with zero attached hydrogens (tertiary/aromatic N) is 2. The predicted octanol–water partition coefficient (Wildman–Crippen LogP) is 2.58. The van der Waals surface area contributed by atoms with Crippen LogP contribution in [0.1, 0.15) is 17.4 Å². The molecule has 0 atom stereocenters. The van der Waals surface area contributed by atoms with Crippen LogP contribution in [-0.4, -0.2) is 28.4 Å². The molecule has 7 nitrogen and oxygen atoms in total. The maximum Gasteiger partial charge on any atom is 0.302 e. The van der Waals surface area contributed by atoms with Gasteiger partial charge in [0.15, 0.2) is 11.5 Å². The highest BCUT2D eigenvalue weighted by Gasteiger charge is 2.51. The van der Waals surface area contributed by atoms with Gasteiger partial charge in [-0.3, -0.25) is 19.2 Å². The standard InChI is InChI=1S/C19H11ClN2O5/c1-9-8-10(20)6-7-12(9)22-18(25)15(23)14(16(24)19(22)26)17-21-11-4-2-3-5-13(11)27-17/h2-8,14H,1H3. The molecule has 0 N–H and O–H groups in total. The lowest BCUT2D eigenvalue weighted by Crippen LogP contribution is -2.55. The number of carbonyl (C=O) groups is 4. The van der Waals surface area contributed by atoms with E-state index in [-0.39, 0.29) is 11.6 Å². The molecule has 1 aromatic heterocycles. The van der Waals surface area contributed by atoms with Gasteiger partial charge < -0.3 is 4.42 Å². The second kappa shape index (κ2) is 6.14. The van der Waals surface area contributed by atoms with Crippen LogP contribution in [0.2, 0.25) is 5.02 Å². The molecule has 4 rings (SSSR count). The van der Waals surface area contributed by atoms with Gasteiger partial charge in [0.1, 0.15) is 5.52 Å². The van der Waals surface area contributed by atoms with Crippen LogP contribution in [0.4, 0.5) is 5.69 Å². The average Bonchev–Trinajstić information content (AvgIpc) is 3.05. The van der Waals surface area contributed by atoms with Gasteiger partial charge in [-0.15, -0.1) is 0 Å². The summed E-state index contributed by atoms with van der Waals surface area (Å²) in [5, 5.41) is 0.398. The molecule has 3 aromatic rings. The summed E-state index contributed by atoms with van der Waals surface area (Å²) in [7, 11) is 0. The number of hydrogen-bond acceptors (Lipinski definition) is 6. The Kier molecular flexibility index (Phi) is 3.89. The Balaban J connectivity index is 1.77. The minimum absolute atomic E-state index is 0.132. The molecule has 0 aliphatic carbocycles. The summed E-state index contributed by atoms with van der Waals surface area (Å²) < 4.78 is 5.43. The topological polar surface area (TPSA) is 97.6 Å². The molecule has 0 unspecified atom stereocenters. The third-order valence-electron chi connectivity index (χ3n) is 4.31. The Morgan fingerprint density at radius 3 is 2.30 bits per heavy atom. The third kappa shape index (κ3) is 2.63. The lowest BCUT2D eigenvalue weighted by Gasteiger charge is -2.27. The largest absolute Gasteiger partial charge is 0.439 e. The first kappa shape index (κ1) is 17.1. The Labute approximate surface area is 157 Å². The van der Waals surface area contributed by atoms with Gasteiger partial charge in [0.05, 0.1) is 5.69 Å². The minimum atomic E-state index is -1.68. The van der Waals surface area contributed by atoms with Crippen molar-refractivity contribution in [2.45, 2.75) is 12.8 Å². The second-order valence-corrected chi connectivity index (χ2v) is 6.49. The number of aromatic nitrogens is 1. The van der Waals surface area contributed by atoms with E-state index in [2.05, 4.69) is 4.98 Å². The molecular weight excluding hydrogens is 372 g/mol. The number of para-hydroxylation sites is 2. The van der Waals surface area contributed by atoms with Gasteiger partial charge in [-0.05, 0) is 42.8 Å². The number of amides is 2. The van der Waals surface area contributed by atoms with E-state index in [1.54, 1.807) is 31.2 Å². The molecule has 134 valence electrons. The van der Waals surface area contributed by atoms with E-state index in [0.29, 0.717) is 26.6 Å². The number of oxazole rings is 1. The van der Waals surface area contributed by atoms with Crippen molar-refractivity contribution in [1.82, 2.24) is 4.98 Å². The van der Waals surface area contributed by atoms with Gasteiger partial charge in [-0.1, -0.05) is 23.7 Å². The lowest BCUT2D eigenvalue weighted by atomic mass is 9.92. The van der Waals surface area contributed by atoms with E-state index >= 15 is 0 Å². The summed E-state index contributed by atoms with van der Waals surface area (Å²) in [6.07, 6.45) is 0. The van der Waals surface area contributed by atoms with Gasteiger partial charge >= 0.3 is 11.8 Å². The van der Waals surface area contributed by atoms with Crippen LogP contribution in [0.25, 0.3) is 11.1 Å². The zero-order valence-corrected chi connectivity index (χ0v) is 14.7. The lowest BCUT2D eigenvalue weighted by molar-refractivity contribution is -0.149. The Hall–Kier alpha value is -3.32. The van der Waals surface area contributed by atoms with Gasteiger partial charge in [-0.25, -0.2) is 9.88 Å². The first-order chi connectivity index (χ1) is 12.9. The maximum absolute atomic E-state index is 12.6. The summed E-state index contributed by atoms with van der Waals surface area (Å²) in [6, 6.07) is 11.0. The zero-order valence-electron chi connectivity index (χ0n) is 13.9. The summed E-state index contributed by atoms with van der Waals surface area (Å²) >= 11 is 5.88. The van der Waals surface area contributed by atoms with Crippen LogP contribution in [0.15, 0.2) is 46.9 Å². The van der Waals surface area contributed by atoms with E-state index in [0.717, 1.165) is 0 Å². The molecule has 0 saturated carbocycles. The average molecular weight is 383 g/mol. The molecule has 0 spiro atoms. The molecule has 27 heavy (non-hydrogen) atoms. The fraction of sp³-hybridized carbons (Fsp3) is 0.105. The molecule has 1 aliphatic heterocycles. The summed E-state index contributed by atoms with van der Waals surface area (Å²) in [5.74, 6) is -6.31. The predicted molar refractivity (Wildman–Crippen MR) is 95.4 cm³/mol. The molecular formula is C19H11ClN2O5. The molecule has 0 radical (unpaired) electrons. The molecule has 2 aromatic carbocycles.